The lowest BCUT2D eigenvalue weighted by molar-refractivity contribution is -0.132. The molecule has 6 heteroatoms. The summed E-state index contributed by atoms with van der Waals surface area (Å²) in [4.78, 5) is 16.5. The monoisotopic (exact) mass is 359 g/mol. The molecule has 130 valence electrons. The molecule has 1 aliphatic rings. The number of likely N-dealkylation sites (N-methyl/N-ethyl adjacent to an activating group) is 1. The van der Waals surface area contributed by atoms with Crippen LogP contribution in [-0.4, -0.2) is 48.9 Å². The predicted octanol–water partition coefficient (Wildman–Crippen LogP) is 2.95. The van der Waals surface area contributed by atoms with Crippen molar-refractivity contribution < 1.29 is 4.79 Å². The number of carbonyl (C=O) groups excluding carboxylic acids is 1. The highest BCUT2D eigenvalue weighted by molar-refractivity contribution is 6.30. The summed E-state index contributed by atoms with van der Waals surface area (Å²) in [5.74, 6) is 0.142. The fraction of sp³-hybridized carbons (Fsp3) is 0.588. The van der Waals surface area contributed by atoms with E-state index in [-0.39, 0.29) is 29.8 Å². The Hall–Kier alpha value is -0.810. The van der Waals surface area contributed by atoms with Crippen molar-refractivity contribution in [3.05, 3.63) is 34.9 Å². The second-order valence-corrected chi connectivity index (χ2v) is 7.14. The average molecular weight is 360 g/mol. The molecular weight excluding hydrogens is 333 g/mol. The quantitative estimate of drug-likeness (QED) is 0.878. The van der Waals surface area contributed by atoms with E-state index in [9.17, 15) is 4.79 Å². The van der Waals surface area contributed by atoms with Gasteiger partial charge in [-0.2, -0.15) is 0 Å². The van der Waals surface area contributed by atoms with Gasteiger partial charge in [-0.1, -0.05) is 30.7 Å². The predicted molar refractivity (Wildman–Crippen MR) is 98.1 cm³/mol. The highest BCUT2D eigenvalue weighted by atomic mass is 35.5. The van der Waals surface area contributed by atoms with Crippen molar-refractivity contribution in [2.24, 2.45) is 11.1 Å². The maximum atomic E-state index is 12.5. The number of benzene rings is 1. The second kappa shape index (κ2) is 8.34. The third-order valence-electron chi connectivity index (χ3n) is 4.82. The van der Waals surface area contributed by atoms with E-state index in [1.807, 2.05) is 38.2 Å². The van der Waals surface area contributed by atoms with Gasteiger partial charge >= 0.3 is 0 Å². The molecule has 1 aliphatic heterocycles. The third kappa shape index (κ3) is 5.08. The van der Waals surface area contributed by atoms with Crippen molar-refractivity contribution in [3.63, 3.8) is 0 Å². The molecular formula is C17H27Cl2N3O. The first-order valence-electron chi connectivity index (χ1n) is 7.78. The van der Waals surface area contributed by atoms with Gasteiger partial charge in [-0.3, -0.25) is 9.69 Å². The van der Waals surface area contributed by atoms with Gasteiger partial charge in [0.05, 0.1) is 12.6 Å². The lowest BCUT2D eigenvalue weighted by atomic mass is 9.90. The van der Waals surface area contributed by atoms with Crippen molar-refractivity contribution >= 4 is 29.9 Å². The average Bonchev–Trinajstić information content (AvgIpc) is 2.88. The molecule has 1 aromatic carbocycles. The van der Waals surface area contributed by atoms with E-state index in [4.69, 9.17) is 17.3 Å². The van der Waals surface area contributed by atoms with Crippen LogP contribution < -0.4 is 5.73 Å². The highest BCUT2D eigenvalue weighted by Crippen LogP contribution is 2.28. The Balaban J connectivity index is 0.00000264. The summed E-state index contributed by atoms with van der Waals surface area (Å²) < 4.78 is 0. The zero-order chi connectivity index (χ0) is 16.3. The molecule has 0 bridgehead atoms. The largest absolute Gasteiger partial charge is 0.338 e. The van der Waals surface area contributed by atoms with E-state index in [0.717, 1.165) is 25.1 Å². The van der Waals surface area contributed by atoms with Crippen molar-refractivity contribution in [3.8, 4) is 0 Å². The van der Waals surface area contributed by atoms with E-state index in [1.165, 1.54) is 0 Å². The maximum absolute atomic E-state index is 12.5. The Morgan fingerprint density at radius 2 is 2.04 bits per heavy atom. The molecule has 0 aromatic heterocycles. The summed E-state index contributed by atoms with van der Waals surface area (Å²) in [6.45, 7) is 7.21. The molecule has 1 fully saturated rings. The summed E-state index contributed by atoms with van der Waals surface area (Å²) >= 11 is 5.91. The van der Waals surface area contributed by atoms with Gasteiger partial charge in [0, 0.05) is 18.6 Å². The molecule has 4 nitrogen and oxygen atoms in total. The zero-order valence-electron chi connectivity index (χ0n) is 14.1. The van der Waals surface area contributed by atoms with E-state index >= 15 is 0 Å². The van der Waals surface area contributed by atoms with Gasteiger partial charge < -0.3 is 10.6 Å². The minimum atomic E-state index is 0. The lowest BCUT2D eigenvalue weighted by Gasteiger charge is -2.28. The normalized spacial score (nSPS) is 22.5. The van der Waals surface area contributed by atoms with Gasteiger partial charge in [0.15, 0.2) is 0 Å². The maximum Gasteiger partial charge on any atom is 0.236 e. The molecule has 2 unspecified atom stereocenters. The molecule has 0 spiro atoms. The van der Waals surface area contributed by atoms with Gasteiger partial charge in [0.2, 0.25) is 5.91 Å². The Morgan fingerprint density at radius 1 is 1.43 bits per heavy atom. The van der Waals surface area contributed by atoms with Crippen LogP contribution in [0.1, 0.15) is 31.9 Å². The summed E-state index contributed by atoms with van der Waals surface area (Å²) in [7, 11) is 1.86. The highest BCUT2D eigenvalue weighted by Gasteiger charge is 2.33. The van der Waals surface area contributed by atoms with Gasteiger partial charge in [0.1, 0.15) is 0 Å². The molecule has 1 heterocycles. The Morgan fingerprint density at radius 3 is 2.57 bits per heavy atom. The lowest BCUT2D eigenvalue weighted by Crippen LogP contribution is -2.40. The summed E-state index contributed by atoms with van der Waals surface area (Å²) in [6, 6.07) is 7.70. The van der Waals surface area contributed by atoms with E-state index in [1.54, 1.807) is 4.90 Å². The fourth-order valence-corrected chi connectivity index (χ4v) is 3.04. The van der Waals surface area contributed by atoms with Crippen LogP contribution in [0.25, 0.3) is 0 Å². The van der Waals surface area contributed by atoms with Crippen molar-refractivity contribution in [2.75, 3.05) is 33.2 Å². The van der Waals surface area contributed by atoms with Crippen molar-refractivity contribution in [2.45, 2.75) is 26.3 Å². The number of carbonyl (C=O) groups is 1. The number of hydrogen-bond acceptors (Lipinski definition) is 3. The topological polar surface area (TPSA) is 49.6 Å². The molecule has 2 atom stereocenters. The number of rotatable bonds is 5. The molecule has 2 N–H and O–H groups in total. The number of nitrogens with two attached hydrogens (primary N) is 1. The zero-order valence-corrected chi connectivity index (χ0v) is 15.7. The van der Waals surface area contributed by atoms with Crippen LogP contribution in [0.3, 0.4) is 0 Å². The SMILES string of the molecule is CC(c1ccc(Cl)cc1)N(C)C(=O)CN1CCC(C)(CN)C1.Cl. The molecule has 0 radical (unpaired) electrons. The van der Waals surface area contributed by atoms with E-state index < -0.39 is 0 Å². The van der Waals surface area contributed by atoms with Gasteiger partial charge in [-0.15, -0.1) is 12.4 Å². The minimum Gasteiger partial charge on any atom is -0.338 e. The van der Waals surface area contributed by atoms with Crippen LogP contribution >= 0.6 is 24.0 Å². The van der Waals surface area contributed by atoms with Crippen LogP contribution in [-0.2, 0) is 4.79 Å². The number of amides is 1. The molecule has 0 aliphatic carbocycles. The van der Waals surface area contributed by atoms with Crippen molar-refractivity contribution in [1.29, 1.82) is 0 Å². The van der Waals surface area contributed by atoms with E-state index in [0.29, 0.717) is 18.1 Å². The molecule has 1 amide bonds. The minimum absolute atomic E-state index is 0. The fourth-order valence-electron chi connectivity index (χ4n) is 2.91. The summed E-state index contributed by atoms with van der Waals surface area (Å²) in [6.07, 6.45) is 1.06. The number of likely N-dealkylation sites (tertiary alicyclic amines) is 1. The third-order valence-corrected chi connectivity index (χ3v) is 5.07. The second-order valence-electron chi connectivity index (χ2n) is 6.71. The van der Waals surface area contributed by atoms with Crippen LogP contribution in [0.4, 0.5) is 0 Å². The van der Waals surface area contributed by atoms with Gasteiger partial charge in [0.25, 0.3) is 0 Å². The number of halogens is 2. The van der Waals surface area contributed by atoms with Crippen LogP contribution in [0, 0.1) is 5.41 Å². The smallest absolute Gasteiger partial charge is 0.236 e. The van der Waals surface area contributed by atoms with Crippen molar-refractivity contribution in [1.82, 2.24) is 9.80 Å². The number of hydrogen-bond donors (Lipinski definition) is 1. The van der Waals surface area contributed by atoms with Crippen LogP contribution in [0.15, 0.2) is 24.3 Å². The first-order valence-corrected chi connectivity index (χ1v) is 8.16. The molecule has 1 saturated heterocycles. The van der Waals surface area contributed by atoms with Crippen LogP contribution in [0.5, 0.6) is 0 Å². The summed E-state index contributed by atoms with van der Waals surface area (Å²) in [5, 5.41) is 0.711. The van der Waals surface area contributed by atoms with E-state index in [2.05, 4.69) is 11.8 Å². The molecule has 23 heavy (non-hydrogen) atoms. The molecule has 1 aromatic rings. The first kappa shape index (κ1) is 20.2. The Bertz CT molecular complexity index is 523. The van der Waals surface area contributed by atoms with Crippen LogP contribution in [0.2, 0.25) is 5.02 Å². The standard InChI is InChI=1S/C17H26ClN3O.ClH/c1-13(14-4-6-15(18)7-5-14)20(3)16(22)10-21-9-8-17(2,11-19)12-21;/h4-7,13H,8-12,19H2,1-3H3;1H. The Kier molecular flexibility index (Phi) is 7.33. The Labute approximate surface area is 150 Å². The first-order chi connectivity index (χ1) is 10.3. The van der Waals surface area contributed by atoms with Gasteiger partial charge in [-0.25, -0.2) is 0 Å². The van der Waals surface area contributed by atoms with Gasteiger partial charge in [-0.05, 0) is 49.5 Å². The molecule has 2 rings (SSSR count). The molecule has 0 saturated carbocycles. The number of nitrogens with zero attached hydrogens (tertiary/aromatic N) is 2. The summed E-state index contributed by atoms with van der Waals surface area (Å²) in [5.41, 5.74) is 7.07.